The van der Waals surface area contributed by atoms with Crippen LogP contribution >= 0.6 is 0 Å². The summed E-state index contributed by atoms with van der Waals surface area (Å²) in [5.74, 6) is 0.352. The molecule has 0 fully saturated rings. The lowest BCUT2D eigenvalue weighted by Gasteiger charge is -2.20. The van der Waals surface area contributed by atoms with E-state index >= 15 is 0 Å². The second kappa shape index (κ2) is 8.06. The number of nitrogens with one attached hydrogen (secondary N) is 1. The molecule has 0 aliphatic rings. The first kappa shape index (κ1) is 19.9. The largest absolute Gasteiger partial charge is 0.497 e. The minimum absolute atomic E-state index is 0.0827. The van der Waals surface area contributed by atoms with Gasteiger partial charge in [-0.25, -0.2) is 4.98 Å². The van der Waals surface area contributed by atoms with Gasteiger partial charge in [-0.3, -0.25) is 0 Å². The van der Waals surface area contributed by atoms with E-state index in [2.05, 4.69) is 15.3 Å². The molecule has 3 rings (SSSR count). The number of nitriles is 1. The topological polar surface area (TPSA) is 74.1 Å². The highest BCUT2D eigenvalue weighted by molar-refractivity contribution is 5.64. The maximum Gasteiger partial charge on any atom is 0.421 e. The van der Waals surface area contributed by atoms with E-state index < -0.39 is 11.7 Å². The molecule has 29 heavy (non-hydrogen) atoms. The standard InChI is InChI=1S/C20H16F3N5O/c1-28(15-7-9-16(29-2)10-8-15)19-25-12-17(20(21,22)23)18(27-19)26-14-5-3-13(11-24)4-6-14/h3-10,12H,1-2H3,(H,25,26,27). The molecule has 0 bridgehead atoms. The van der Waals surface area contributed by atoms with Crippen molar-refractivity contribution < 1.29 is 17.9 Å². The second-order valence-electron chi connectivity index (χ2n) is 6.00. The van der Waals surface area contributed by atoms with Crippen LogP contribution < -0.4 is 15.0 Å². The van der Waals surface area contributed by atoms with Crippen molar-refractivity contribution in [3.8, 4) is 11.8 Å². The van der Waals surface area contributed by atoms with E-state index in [1.807, 2.05) is 6.07 Å². The average Bonchev–Trinajstić information content (AvgIpc) is 2.73. The van der Waals surface area contributed by atoms with Crippen molar-refractivity contribution in [2.24, 2.45) is 0 Å². The Labute approximate surface area is 165 Å². The Morgan fingerprint density at radius 1 is 1.07 bits per heavy atom. The van der Waals surface area contributed by atoms with Gasteiger partial charge in [0, 0.05) is 24.6 Å². The summed E-state index contributed by atoms with van der Waals surface area (Å²) in [6, 6.07) is 14.9. The number of hydrogen-bond acceptors (Lipinski definition) is 6. The van der Waals surface area contributed by atoms with Crippen molar-refractivity contribution in [3.63, 3.8) is 0 Å². The van der Waals surface area contributed by atoms with Gasteiger partial charge in [0.1, 0.15) is 17.1 Å². The molecule has 0 unspecified atom stereocenters. The lowest BCUT2D eigenvalue weighted by Crippen LogP contribution is -2.17. The van der Waals surface area contributed by atoms with E-state index in [1.165, 1.54) is 24.3 Å². The molecule has 0 atom stereocenters. The lowest BCUT2D eigenvalue weighted by molar-refractivity contribution is -0.137. The maximum atomic E-state index is 13.4. The van der Waals surface area contributed by atoms with Gasteiger partial charge in [0.15, 0.2) is 0 Å². The molecular formula is C20H16F3N5O. The smallest absolute Gasteiger partial charge is 0.421 e. The van der Waals surface area contributed by atoms with Crippen LogP contribution in [-0.2, 0) is 6.18 Å². The Bertz CT molecular complexity index is 1030. The molecule has 6 nitrogen and oxygen atoms in total. The van der Waals surface area contributed by atoms with Gasteiger partial charge in [-0.15, -0.1) is 0 Å². The van der Waals surface area contributed by atoms with Crippen LogP contribution in [0.1, 0.15) is 11.1 Å². The Morgan fingerprint density at radius 3 is 2.28 bits per heavy atom. The summed E-state index contributed by atoms with van der Waals surface area (Å²) in [6.45, 7) is 0. The van der Waals surface area contributed by atoms with Crippen LogP contribution in [0.4, 0.5) is 36.3 Å². The van der Waals surface area contributed by atoms with Crippen LogP contribution in [0.2, 0.25) is 0 Å². The zero-order valence-electron chi connectivity index (χ0n) is 15.5. The molecule has 0 radical (unpaired) electrons. The molecule has 0 aliphatic heterocycles. The number of rotatable bonds is 5. The Kier molecular flexibility index (Phi) is 5.54. The Balaban J connectivity index is 1.97. The fraction of sp³-hybridized carbons (Fsp3) is 0.150. The maximum absolute atomic E-state index is 13.4. The number of nitrogens with zero attached hydrogens (tertiary/aromatic N) is 4. The van der Waals surface area contributed by atoms with Gasteiger partial charge in [-0.05, 0) is 48.5 Å². The van der Waals surface area contributed by atoms with Crippen molar-refractivity contribution >= 4 is 23.1 Å². The van der Waals surface area contributed by atoms with Gasteiger partial charge < -0.3 is 15.0 Å². The predicted octanol–water partition coefficient (Wildman–Crippen LogP) is 4.89. The molecule has 3 aromatic rings. The zero-order valence-corrected chi connectivity index (χ0v) is 15.5. The van der Waals surface area contributed by atoms with E-state index in [0.29, 0.717) is 22.7 Å². The van der Waals surface area contributed by atoms with Crippen molar-refractivity contribution in [3.05, 3.63) is 65.9 Å². The number of benzene rings is 2. The molecule has 0 amide bonds. The monoisotopic (exact) mass is 399 g/mol. The number of ether oxygens (including phenoxy) is 1. The number of alkyl halides is 3. The summed E-state index contributed by atoms with van der Waals surface area (Å²) in [7, 11) is 3.19. The van der Waals surface area contributed by atoms with Gasteiger partial charge in [-0.2, -0.15) is 23.4 Å². The minimum Gasteiger partial charge on any atom is -0.497 e. The summed E-state index contributed by atoms with van der Waals surface area (Å²) < 4.78 is 45.4. The fourth-order valence-electron chi connectivity index (χ4n) is 2.52. The number of hydrogen-bond donors (Lipinski definition) is 1. The molecule has 0 spiro atoms. The van der Waals surface area contributed by atoms with Gasteiger partial charge in [0.05, 0.1) is 18.7 Å². The number of methoxy groups -OCH3 is 1. The summed E-state index contributed by atoms with van der Waals surface area (Å²) in [5.41, 5.74) is 0.448. The van der Waals surface area contributed by atoms with E-state index in [1.54, 1.807) is 43.3 Å². The highest BCUT2D eigenvalue weighted by Crippen LogP contribution is 2.36. The van der Waals surface area contributed by atoms with E-state index in [0.717, 1.165) is 6.20 Å². The molecule has 0 saturated carbocycles. The molecular weight excluding hydrogens is 383 g/mol. The first-order chi connectivity index (χ1) is 13.8. The second-order valence-corrected chi connectivity index (χ2v) is 6.00. The van der Waals surface area contributed by atoms with Crippen LogP contribution in [0, 0.1) is 11.3 Å². The minimum atomic E-state index is -4.63. The third kappa shape index (κ3) is 4.55. The average molecular weight is 399 g/mol. The Hall–Kier alpha value is -3.80. The van der Waals surface area contributed by atoms with Gasteiger partial charge in [0.2, 0.25) is 5.95 Å². The van der Waals surface area contributed by atoms with Gasteiger partial charge in [-0.1, -0.05) is 0 Å². The number of anilines is 4. The lowest BCUT2D eigenvalue weighted by atomic mass is 10.2. The summed E-state index contributed by atoms with van der Waals surface area (Å²) in [6.07, 6.45) is -3.89. The summed E-state index contributed by atoms with van der Waals surface area (Å²) in [5, 5.41) is 11.5. The van der Waals surface area contributed by atoms with Crippen LogP contribution in [0.5, 0.6) is 5.75 Å². The third-order valence-electron chi connectivity index (χ3n) is 4.12. The number of aromatic nitrogens is 2. The van der Waals surface area contributed by atoms with Crippen LogP contribution in [-0.4, -0.2) is 24.1 Å². The van der Waals surface area contributed by atoms with Crippen LogP contribution in [0.15, 0.2) is 54.7 Å². The van der Waals surface area contributed by atoms with Crippen LogP contribution in [0.3, 0.4) is 0 Å². The fourth-order valence-corrected chi connectivity index (χ4v) is 2.52. The molecule has 0 aliphatic carbocycles. The molecule has 9 heteroatoms. The first-order valence-corrected chi connectivity index (χ1v) is 8.41. The highest BCUT2D eigenvalue weighted by atomic mass is 19.4. The highest BCUT2D eigenvalue weighted by Gasteiger charge is 2.35. The Morgan fingerprint density at radius 2 is 1.72 bits per heavy atom. The van der Waals surface area contributed by atoms with Crippen molar-refractivity contribution in [1.82, 2.24) is 9.97 Å². The van der Waals surface area contributed by atoms with Crippen molar-refractivity contribution in [2.45, 2.75) is 6.18 Å². The number of halogens is 3. The molecule has 1 N–H and O–H groups in total. The van der Waals surface area contributed by atoms with E-state index in [-0.39, 0.29) is 11.8 Å². The van der Waals surface area contributed by atoms with E-state index in [9.17, 15) is 13.2 Å². The van der Waals surface area contributed by atoms with Crippen LogP contribution in [0.25, 0.3) is 0 Å². The third-order valence-corrected chi connectivity index (χ3v) is 4.12. The molecule has 2 aromatic carbocycles. The summed E-state index contributed by atoms with van der Waals surface area (Å²) >= 11 is 0. The van der Waals surface area contributed by atoms with Gasteiger partial charge in [0.25, 0.3) is 0 Å². The summed E-state index contributed by atoms with van der Waals surface area (Å²) in [4.78, 5) is 9.52. The van der Waals surface area contributed by atoms with E-state index in [4.69, 9.17) is 10.00 Å². The van der Waals surface area contributed by atoms with Crippen molar-refractivity contribution in [1.29, 1.82) is 5.26 Å². The molecule has 148 valence electrons. The predicted molar refractivity (Wildman–Crippen MR) is 103 cm³/mol. The van der Waals surface area contributed by atoms with Gasteiger partial charge >= 0.3 is 6.18 Å². The molecule has 1 aromatic heterocycles. The normalized spacial score (nSPS) is 10.9. The molecule has 0 saturated heterocycles. The molecule has 1 heterocycles. The quantitative estimate of drug-likeness (QED) is 0.659. The first-order valence-electron chi connectivity index (χ1n) is 8.41. The SMILES string of the molecule is COc1ccc(N(C)c2ncc(C(F)(F)F)c(Nc3ccc(C#N)cc3)n2)cc1. The zero-order chi connectivity index (χ0) is 21.0. The van der Waals surface area contributed by atoms with Crippen molar-refractivity contribution in [2.75, 3.05) is 24.4 Å².